The molecule has 0 aromatic rings. The second kappa shape index (κ2) is 8.66. The molecule has 1 heteroatoms. The van der Waals surface area contributed by atoms with Gasteiger partial charge >= 0.3 is 0 Å². The lowest BCUT2D eigenvalue weighted by atomic mass is 9.72. The molecule has 0 aliphatic heterocycles. The van der Waals surface area contributed by atoms with Crippen molar-refractivity contribution in [3.05, 3.63) is 24.9 Å². The SMILES string of the molecule is C=CNCC(CC(CC(C)(C)C)C(=C)C)C1CCCCC1. The van der Waals surface area contributed by atoms with E-state index in [-0.39, 0.29) is 0 Å². The Kier molecular flexibility index (Phi) is 7.56. The number of allylic oxidation sites excluding steroid dienone is 1. The summed E-state index contributed by atoms with van der Waals surface area (Å²) in [5.74, 6) is 2.32. The smallest absolute Gasteiger partial charge is 0.0172 e. The van der Waals surface area contributed by atoms with Crippen LogP contribution in [0.5, 0.6) is 0 Å². The van der Waals surface area contributed by atoms with Gasteiger partial charge < -0.3 is 5.32 Å². The highest BCUT2D eigenvalue weighted by Gasteiger charge is 2.28. The first-order valence-corrected chi connectivity index (χ1v) is 8.83. The van der Waals surface area contributed by atoms with Crippen molar-refractivity contribution in [1.82, 2.24) is 5.32 Å². The van der Waals surface area contributed by atoms with E-state index in [2.05, 4.69) is 46.2 Å². The highest BCUT2D eigenvalue weighted by molar-refractivity contribution is 4.99. The van der Waals surface area contributed by atoms with Crippen LogP contribution in [0.2, 0.25) is 0 Å². The van der Waals surface area contributed by atoms with Gasteiger partial charge in [0.25, 0.3) is 0 Å². The molecule has 1 aliphatic rings. The number of hydrogen-bond donors (Lipinski definition) is 1. The third-order valence-corrected chi connectivity index (χ3v) is 4.98. The van der Waals surface area contributed by atoms with E-state index < -0.39 is 0 Å². The normalized spacial score (nSPS) is 19.8. The predicted molar refractivity (Wildman–Crippen MR) is 95.3 cm³/mol. The zero-order chi connectivity index (χ0) is 15.9. The zero-order valence-corrected chi connectivity index (χ0v) is 14.9. The third kappa shape index (κ3) is 7.20. The molecule has 0 spiro atoms. The molecular formula is C20H37N. The summed E-state index contributed by atoms with van der Waals surface area (Å²) in [6.45, 7) is 18.4. The quantitative estimate of drug-likeness (QED) is 0.546. The Morgan fingerprint density at radius 3 is 2.33 bits per heavy atom. The Bertz CT molecular complexity index is 317. The van der Waals surface area contributed by atoms with Crippen molar-refractivity contribution in [2.24, 2.45) is 23.2 Å². The molecule has 0 radical (unpaired) electrons. The molecule has 1 aliphatic carbocycles. The number of rotatable bonds is 8. The fraction of sp³-hybridized carbons (Fsp3) is 0.800. The summed E-state index contributed by atoms with van der Waals surface area (Å²) in [4.78, 5) is 0. The van der Waals surface area contributed by atoms with E-state index in [1.807, 2.05) is 6.20 Å². The summed E-state index contributed by atoms with van der Waals surface area (Å²) in [7, 11) is 0. The van der Waals surface area contributed by atoms with E-state index in [0.29, 0.717) is 11.3 Å². The van der Waals surface area contributed by atoms with E-state index in [0.717, 1.165) is 18.4 Å². The van der Waals surface area contributed by atoms with Crippen LogP contribution < -0.4 is 5.32 Å². The molecule has 1 N–H and O–H groups in total. The second-order valence-electron chi connectivity index (χ2n) is 8.31. The third-order valence-electron chi connectivity index (χ3n) is 4.98. The lowest BCUT2D eigenvalue weighted by Gasteiger charge is -2.35. The van der Waals surface area contributed by atoms with Gasteiger partial charge in [-0.05, 0) is 49.1 Å². The lowest BCUT2D eigenvalue weighted by Crippen LogP contribution is -2.30. The van der Waals surface area contributed by atoms with Crippen LogP contribution in [-0.2, 0) is 0 Å². The number of nitrogens with one attached hydrogen (secondary N) is 1. The minimum Gasteiger partial charge on any atom is -0.391 e. The molecule has 0 bridgehead atoms. The van der Waals surface area contributed by atoms with Crippen molar-refractivity contribution in [3.63, 3.8) is 0 Å². The highest BCUT2D eigenvalue weighted by Crippen LogP contribution is 2.38. The molecule has 1 rings (SSSR count). The minimum atomic E-state index is 0.382. The molecule has 0 saturated heterocycles. The zero-order valence-electron chi connectivity index (χ0n) is 14.9. The van der Waals surface area contributed by atoms with E-state index in [9.17, 15) is 0 Å². The van der Waals surface area contributed by atoms with E-state index in [1.165, 1.54) is 50.5 Å². The van der Waals surface area contributed by atoms with Gasteiger partial charge in [-0.3, -0.25) is 0 Å². The van der Waals surface area contributed by atoms with Crippen LogP contribution in [0.15, 0.2) is 24.9 Å². The lowest BCUT2D eigenvalue weighted by molar-refractivity contribution is 0.196. The molecule has 1 fully saturated rings. The van der Waals surface area contributed by atoms with Crippen molar-refractivity contribution in [2.45, 2.75) is 72.6 Å². The second-order valence-corrected chi connectivity index (χ2v) is 8.31. The van der Waals surface area contributed by atoms with Crippen molar-refractivity contribution >= 4 is 0 Å². The summed E-state index contributed by atoms with van der Waals surface area (Å²) in [6, 6.07) is 0. The highest BCUT2D eigenvalue weighted by atomic mass is 14.8. The molecule has 21 heavy (non-hydrogen) atoms. The largest absolute Gasteiger partial charge is 0.391 e. The first-order chi connectivity index (χ1) is 9.83. The molecule has 1 saturated carbocycles. The Morgan fingerprint density at radius 1 is 1.24 bits per heavy atom. The fourth-order valence-corrected chi connectivity index (χ4v) is 3.85. The van der Waals surface area contributed by atoms with Gasteiger partial charge in [0.15, 0.2) is 0 Å². The Balaban J connectivity index is 2.70. The average molecular weight is 292 g/mol. The molecule has 2 unspecified atom stereocenters. The van der Waals surface area contributed by atoms with E-state index in [1.54, 1.807) is 0 Å². The van der Waals surface area contributed by atoms with Crippen LogP contribution in [0.3, 0.4) is 0 Å². The predicted octanol–water partition coefficient (Wildman–Crippen LogP) is 5.93. The summed E-state index contributed by atoms with van der Waals surface area (Å²) >= 11 is 0. The van der Waals surface area contributed by atoms with Crippen molar-refractivity contribution in [2.75, 3.05) is 6.54 Å². The molecule has 0 aromatic carbocycles. The first-order valence-electron chi connectivity index (χ1n) is 8.83. The summed E-state index contributed by atoms with van der Waals surface area (Å²) in [5, 5.41) is 3.39. The van der Waals surface area contributed by atoms with Gasteiger partial charge in [0.1, 0.15) is 0 Å². The molecule has 122 valence electrons. The molecular weight excluding hydrogens is 254 g/mol. The molecule has 1 nitrogen and oxygen atoms in total. The van der Waals surface area contributed by atoms with Crippen LogP contribution in [0.1, 0.15) is 72.6 Å². The maximum Gasteiger partial charge on any atom is 0.0172 e. The standard InChI is InChI=1S/C20H37N/c1-7-21-15-19(17-11-9-8-10-12-17)13-18(16(2)3)14-20(4,5)6/h7,17-19,21H,1-2,8-15H2,3-6H3. The van der Waals surface area contributed by atoms with E-state index in [4.69, 9.17) is 0 Å². The monoisotopic (exact) mass is 291 g/mol. The van der Waals surface area contributed by atoms with Gasteiger partial charge in [0.05, 0.1) is 0 Å². The topological polar surface area (TPSA) is 12.0 Å². The van der Waals surface area contributed by atoms with Gasteiger partial charge in [0, 0.05) is 6.54 Å². The van der Waals surface area contributed by atoms with E-state index >= 15 is 0 Å². The maximum atomic E-state index is 4.28. The van der Waals surface area contributed by atoms with Gasteiger partial charge in [-0.15, -0.1) is 0 Å². The summed E-state index contributed by atoms with van der Waals surface area (Å²) in [5.41, 5.74) is 1.75. The Labute approximate surface area is 133 Å². The van der Waals surface area contributed by atoms with Gasteiger partial charge in [-0.1, -0.05) is 71.6 Å². The summed E-state index contributed by atoms with van der Waals surface area (Å²) < 4.78 is 0. The molecule has 0 amide bonds. The molecule has 2 atom stereocenters. The first kappa shape index (κ1) is 18.3. The van der Waals surface area contributed by atoms with Crippen LogP contribution in [0.25, 0.3) is 0 Å². The Hall–Kier alpha value is -0.720. The van der Waals surface area contributed by atoms with Crippen LogP contribution in [0, 0.1) is 23.2 Å². The average Bonchev–Trinajstić information content (AvgIpc) is 2.41. The van der Waals surface area contributed by atoms with Crippen molar-refractivity contribution < 1.29 is 0 Å². The van der Waals surface area contributed by atoms with Crippen LogP contribution in [-0.4, -0.2) is 6.54 Å². The van der Waals surface area contributed by atoms with Crippen LogP contribution in [0.4, 0.5) is 0 Å². The number of hydrogen-bond acceptors (Lipinski definition) is 1. The Morgan fingerprint density at radius 2 is 1.86 bits per heavy atom. The van der Waals surface area contributed by atoms with Crippen molar-refractivity contribution in [1.29, 1.82) is 0 Å². The van der Waals surface area contributed by atoms with Crippen molar-refractivity contribution in [3.8, 4) is 0 Å². The maximum absolute atomic E-state index is 4.28. The van der Waals surface area contributed by atoms with Crippen LogP contribution >= 0.6 is 0 Å². The summed E-state index contributed by atoms with van der Waals surface area (Å²) in [6.07, 6.45) is 11.5. The fourth-order valence-electron chi connectivity index (χ4n) is 3.85. The molecule has 0 aromatic heterocycles. The van der Waals surface area contributed by atoms with Gasteiger partial charge in [0.2, 0.25) is 0 Å². The van der Waals surface area contributed by atoms with Gasteiger partial charge in [-0.2, -0.15) is 0 Å². The minimum absolute atomic E-state index is 0.382. The molecule has 0 heterocycles. The van der Waals surface area contributed by atoms with Gasteiger partial charge in [-0.25, -0.2) is 0 Å².